The molecule has 15 heavy (non-hydrogen) atoms. The maximum Gasteiger partial charge on any atom is 0.317 e. The van der Waals surface area contributed by atoms with E-state index in [-0.39, 0.29) is 11.6 Å². The summed E-state index contributed by atoms with van der Waals surface area (Å²) in [5.74, 6) is 0.321. The van der Waals surface area contributed by atoms with Gasteiger partial charge in [-0.15, -0.1) is 0 Å². The Labute approximate surface area is 93.2 Å². The van der Waals surface area contributed by atoms with Crippen LogP contribution in [0, 0.1) is 5.92 Å². The molecule has 90 valence electrons. The van der Waals surface area contributed by atoms with E-state index in [1.165, 1.54) is 0 Å². The van der Waals surface area contributed by atoms with Gasteiger partial charge in [0, 0.05) is 19.6 Å². The Morgan fingerprint density at radius 1 is 1.40 bits per heavy atom. The number of nitrogens with zero attached hydrogens (tertiary/aromatic N) is 1. The first-order chi connectivity index (χ1) is 6.91. The molecule has 4 heteroatoms. The molecule has 0 rings (SSSR count). The molecule has 0 saturated heterocycles. The van der Waals surface area contributed by atoms with E-state index in [9.17, 15) is 4.79 Å². The topological polar surface area (TPSA) is 58.4 Å². The van der Waals surface area contributed by atoms with E-state index in [0.717, 1.165) is 13.1 Å². The first kappa shape index (κ1) is 14.2. The van der Waals surface area contributed by atoms with Crippen molar-refractivity contribution in [2.24, 2.45) is 11.7 Å². The highest BCUT2D eigenvalue weighted by Crippen LogP contribution is 2.15. The minimum atomic E-state index is -0.320. The number of nitrogens with two attached hydrogens (primary N) is 1. The third-order valence-corrected chi connectivity index (χ3v) is 3.14. The lowest BCUT2D eigenvalue weighted by molar-refractivity contribution is 0.179. The SMILES string of the molecule is CCN(CC)C(=O)NC(C)(CN)C(C)C. The minimum Gasteiger partial charge on any atom is -0.331 e. The Morgan fingerprint density at radius 2 is 1.87 bits per heavy atom. The number of rotatable bonds is 5. The second-order valence-corrected chi connectivity index (χ2v) is 4.38. The molecule has 3 N–H and O–H groups in total. The fourth-order valence-electron chi connectivity index (χ4n) is 1.27. The van der Waals surface area contributed by atoms with E-state index >= 15 is 0 Å². The van der Waals surface area contributed by atoms with Crippen LogP contribution in [0.5, 0.6) is 0 Å². The smallest absolute Gasteiger partial charge is 0.317 e. The highest BCUT2D eigenvalue weighted by molar-refractivity contribution is 5.75. The van der Waals surface area contributed by atoms with Crippen molar-refractivity contribution in [2.45, 2.75) is 40.2 Å². The molecule has 0 radical (unpaired) electrons. The number of carbonyl (C=O) groups excluding carboxylic acids is 1. The molecular weight excluding hydrogens is 190 g/mol. The average Bonchev–Trinajstić information content (AvgIpc) is 2.19. The number of amides is 2. The van der Waals surface area contributed by atoms with Crippen LogP contribution in [0.2, 0.25) is 0 Å². The van der Waals surface area contributed by atoms with Crippen molar-refractivity contribution >= 4 is 6.03 Å². The Morgan fingerprint density at radius 3 is 2.13 bits per heavy atom. The number of urea groups is 1. The number of nitrogens with one attached hydrogen (secondary N) is 1. The molecule has 0 aliphatic heterocycles. The van der Waals surface area contributed by atoms with Crippen LogP contribution in [-0.4, -0.2) is 36.1 Å². The highest BCUT2D eigenvalue weighted by Gasteiger charge is 2.29. The zero-order valence-electron chi connectivity index (χ0n) is 10.6. The largest absolute Gasteiger partial charge is 0.331 e. The Bertz CT molecular complexity index is 202. The molecular formula is C11H25N3O. The monoisotopic (exact) mass is 215 g/mol. The number of hydrogen-bond donors (Lipinski definition) is 2. The quantitative estimate of drug-likeness (QED) is 0.728. The van der Waals surface area contributed by atoms with Crippen LogP contribution in [0.3, 0.4) is 0 Å². The second kappa shape index (κ2) is 5.95. The van der Waals surface area contributed by atoms with Crippen LogP contribution in [0.15, 0.2) is 0 Å². The van der Waals surface area contributed by atoms with Crippen molar-refractivity contribution in [1.82, 2.24) is 10.2 Å². The molecule has 0 aromatic rings. The Balaban J connectivity index is 4.48. The van der Waals surface area contributed by atoms with Crippen molar-refractivity contribution in [3.05, 3.63) is 0 Å². The van der Waals surface area contributed by atoms with Gasteiger partial charge in [0.25, 0.3) is 0 Å². The third kappa shape index (κ3) is 3.70. The minimum absolute atomic E-state index is 0.0262. The summed E-state index contributed by atoms with van der Waals surface area (Å²) in [6.45, 7) is 12.0. The van der Waals surface area contributed by atoms with Crippen molar-refractivity contribution in [1.29, 1.82) is 0 Å². The molecule has 0 aromatic carbocycles. The molecule has 1 atom stereocenters. The van der Waals surface area contributed by atoms with E-state index in [2.05, 4.69) is 19.2 Å². The van der Waals surface area contributed by atoms with Crippen LogP contribution in [-0.2, 0) is 0 Å². The van der Waals surface area contributed by atoms with E-state index in [0.29, 0.717) is 12.5 Å². The van der Waals surface area contributed by atoms with E-state index in [1.54, 1.807) is 4.90 Å². The van der Waals surface area contributed by atoms with Crippen molar-refractivity contribution < 1.29 is 4.79 Å². The maximum absolute atomic E-state index is 11.8. The summed E-state index contributed by atoms with van der Waals surface area (Å²) in [5.41, 5.74) is 5.39. The lowest BCUT2D eigenvalue weighted by Gasteiger charge is -2.35. The fourth-order valence-corrected chi connectivity index (χ4v) is 1.27. The van der Waals surface area contributed by atoms with Gasteiger partial charge in [0.2, 0.25) is 0 Å². The van der Waals surface area contributed by atoms with Gasteiger partial charge in [-0.05, 0) is 26.7 Å². The van der Waals surface area contributed by atoms with Gasteiger partial charge < -0.3 is 16.0 Å². The van der Waals surface area contributed by atoms with E-state index in [4.69, 9.17) is 5.73 Å². The number of hydrogen-bond acceptors (Lipinski definition) is 2. The molecule has 1 unspecified atom stereocenters. The molecule has 0 fully saturated rings. The third-order valence-electron chi connectivity index (χ3n) is 3.14. The fraction of sp³-hybridized carbons (Fsp3) is 0.909. The molecule has 4 nitrogen and oxygen atoms in total. The maximum atomic E-state index is 11.8. The molecule has 0 bridgehead atoms. The summed E-state index contributed by atoms with van der Waals surface area (Å²) in [4.78, 5) is 13.6. The normalized spacial score (nSPS) is 14.9. The van der Waals surface area contributed by atoms with Gasteiger partial charge in [-0.25, -0.2) is 4.79 Å². The van der Waals surface area contributed by atoms with E-state index < -0.39 is 0 Å². The summed E-state index contributed by atoms with van der Waals surface area (Å²) in [6, 6.07) is -0.0262. The van der Waals surface area contributed by atoms with Crippen LogP contribution in [0.4, 0.5) is 4.79 Å². The summed E-state index contributed by atoms with van der Waals surface area (Å²) in [6.07, 6.45) is 0. The highest BCUT2D eigenvalue weighted by atomic mass is 16.2. The van der Waals surface area contributed by atoms with Crippen molar-refractivity contribution in [3.8, 4) is 0 Å². The molecule has 0 spiro atoms. The Kier molecular flexibility index (Phi) is 5.65. The molecule has 0 aliphatic carbocycles. The number of carbonyl (C=O) groups is 1. The molecule has 2 amide bonds. The Hall–Kier alpha value is -0.770. The molecule has 0 heterocycles. The summed E-state index contributed by atoms with van der Waals surface area (Å²) < 4.78 is 0. The molecule has 0 aromatic heterocycles. The first-order valence-electron chi connectivity index (χ1n) is 5.68. The molecule has 0 aliphatic rings. The zero-order valence-corrected chi connectivity index (χ0v) is 10.6. The summed E-state index contributed by atoms with van der Waals surface area (Å²) in [7, 11) is 0. The summed E-state index contributed by atoms with van der Waals surface area (Å²) >= 11 is 0. The van der Waals surface area contributed by atoms with E-state index in [1.807, 2.05) is 20.8 Å². The lowest BCUT2D eigenvalue weighted by atomic mass is 9.89. The predicted octanol–water partition coefficient (Wildman–Crippen LogP) is 1.41. The zero-order chi connectivity index (χ0) is 12.1. The van der Waals surface area contributed by atoms with Crippen LogP contribution < -0.4 is 11.1 Å². The van der Waals surface area contributed by atoms with Crippen LogP contribution in [0.25, 0.3) is 0 Å². The summed E-state index contributed by atoms with van der Waals surface area (Å²) in [5, 5.41) is 3.01. The average molecular weight is 215 g/mol. The second-order valence-electron chi connectivity index (χ2n) is 4.38. The lowest BCUT2D eigenvalue weighted by Crippen LogP contribution is -2.58. The van der Waals surface area contributed by atoms with Gasteiger partial charge in [-0.1, -0.05) is 13.8 Å². The van der Waals surface area contributed by atoms with Gasteiger partial charge >= 0.3 is 6.03 Å². The van der Waals surface area contributed by atoms with Gasteiger partial charge in [0.05, 0.1) is 5.54 Å². The van der Waals surface area contributed by atoms with Gasteiger partial charge in [0.15, 0.2) is 0 Å². The predicted molar refractivity (Wildman–Crippen MR) is 63.8 cm³/mol. The van der Waals surface area contributed by atoms with Crippen LogP contribution >= 0.6 is 0 Å². The van der Waals surface area contributed by atoms with Gasteiger partial charge in [-0.2, -0.15) is 0 Å². The molecule has 0 saturated carbocycles. The standard InChI is InChI=1S/C11H25N3O/c1-6-14(7-2)10(15)13-11(5,8-12)9(3)4/h9H,6-8,12H2,1-5H3,(H,13,15). The van der Waals surface area contributed by atoms with Crippen molar-refractivity contribution in [3.63, 3.8) is 0 Å². The first-order valence-corrected chi connectivity index (χ1v) is 5.68. The van der Waals surface area contributed by atoms with Crippen molar-refractivity contribution in [2.75, 3.05) is 19.6 Å². The van der Waals surface area contributed by atoms with Gasteiger partial charge in [-0.3, -0.25) is 0 Å². The van der Waals surface area contributed by atoms with Gasteiger partial charge in [0.1, 0.15) is 0 Å². The van der Waals surface area contributed by atoms with Crippen LogP contribution in [0.1, 0.15) is 34.6 Å².